The quantitative estimate of drug-likeness (QED) is 0.760. The number of nitrogens with zero attached hydrogens (tertiary/aromatic N) is 4. The Hall–Kier alpha value is -2.47. The van der Waals surface area contributed by atoms with Crippen LogP contribution in [-0.4, -0.2) is 26.3 Å². The van der Waals surface area contributed by atoms with E-state index in [1.165, 1.54) is 6.33 Å². The first kappa shape index (κ1) is 13.5. The van der Waals surface area contributed by atoms with E-state index in [2.05, 4.69) is 39.4 Å². The number of nitrogens with one attached hydrogen (secondary N) is 1. The minimum atomic E-state index is -0.404. The third kappa shape index (κ3) is 2.34. The van der Waals surface area contributed by atoms with E-state index in [1.54, 1.807) is 10.9 Å². The van der Waals surface area contributed by atoms with E-state index in [-0.39, 0.29) is 0 Å². The maximum absolute atomic E-state index is 6.01. The minimum absolute atomic E-state index is 0.404. The van der Waals surface area contributed by atoms with Gasteiger partial charge in [-0.1, -0.05) is 30.3 Å². The van der Waals surface area contributed by atoms with Gasteiger partial charge in [0.2, 0.25) is 0 Å². The Morgan fingerprint density at radius 1 is 1.24 bits per heavy atom. The smallest absolute Gasteiger partial charge is 0.163 e. The lowest BCUT2D eigenvalue weighted by Gasteiger charge is -2.30. The van der Waals surface area contributed by atoms with E-state index in [1.807, 2.05) is 25.2 Å². The van der Waals surface area contributed by atoms with Crippen LogP contribution in [0.25, 0.3) is 11.0 Å². The molecule has 6 nitrogen and oxygen atoms in total. The summed E-state index contributed by atoms with van der Waals surface area (Å²) in [5.41, 5.74) is 7.51. The molecule has 0 fully saturated rings. The van der Waals surface area contributed by atoms with Gasteiger partial charge in [0.25, 0.3) is 0 Å². The molecule has 0 amide bonds. The highest BCUT2D eigenvalue weighted by Gasteiger charge is 2.26. The average molecular weight is 282 g/mol. The highest BCUT2D eigenvalue weighted by atomic mass is 15.3. The Morgan fingerprint density at radius 2 is 2.00 bits per heavy atom. The predicted molar refractivity (Wildman–Crippen MR) is 82.8 cm³/mol. The van der Waals surface area contributed by atoms with Crippen molar-refractivity contribution >= 4 is 16.9 Å². The maximum Gasteiger partial charge on any atom is 0.163 e. The summed E-state index contributed by atoms with van der Waals surface area (Å²) >= 11 is 0. The summed E-state index contributed by atoms with van der Waals surface area (Å²) in [6.07, 6.45) is 3.30. The molecule has 108 valence electrons. The molecular formula is C15H18N6. The van der Waals surface area contributed by atoms with Crippen molar-refractivity contribution in [1.82, 2.24) is 19.7 Å². The van der Waals surface area contributed by atoms with Crippen LogP contribution in [0.5, 0.6) is 0 Å². The van der Waals surface area contributed by atoms with Crippen molar-refractivity contribution in [3.63, 3.8) is 0 Å². The first-order valence-electron chi connectivity index (χ1n) is 6.80. The van der Waals surface area contributed by atoms with Gasteiger partial charge in [-0.2, -0.15) is 5.10 Å². The number of aromatic nitrogens is 4. The van der Waals surface area contributed by atoms with E-state index in [0.717, 1.165) is 22.4 Å². The summed E-state index contributed by atoms with van der Waals surface area (Å²) < 4.78 is 1.73. The molecule has 1 aromatic carbocycles. The molecule has 0 saturated heterocycles. The summed E-state index contributed by atoms with van der Waals surface area (Å²) in [7, 11) is 1.86. The number of hydrogen-bond donors (Lipinski definition) is 2. The SMILES string of the molecule is Cn1ncc2c(NC(C)(CN)c3ccccc3)ncnc21. The monoisotopic (exact) mass is 282 g/mol. The van der Waals surface area contributed by atoms with Crippen LogP contribution in [0.2, 0.25) is 0 Å². The summed E-state index contributed by atoms with van der Waals surface area (Å²) in [6, 6.07) is 10.1. The fourth-order valence-electron chi connectivity index (χ4n) is 2.37. The molecule has 6 heteroatoms. The summed E-state index contributed by atoms with van der Waals surface area (Å²) in [5, 5.41) is 8.56. The predicted octanol–water partition coefficient (Wildman–Crippen LogP) is 1.65. The van der Waals surface area contributed by atoms with E-state index in [9.17, 15) is 0 Å². The fourth-order valence-corrected chi connectivity index (χ4v) is 2.37. The van der Waals surface area contributed by atoms with Gasteiger partial charge in [-0.05, 0) is 12.5 Å². The third-order valence-electron chi connectivity index (χ3n) is 3.74. The van der Waals surface area contributed by atoms with Crippen LogP contribution in [0.1, 0.15) is 12.5 Å². The zero-order valence-corrected chi connectivity index (χ0v) is 12.1. The zero-order valence-electron chi connectivity index (χ0n) is 12.1. The van der Waals surface area contributed by atoms with Crippen molar-refractivity contribution in [2.45, 2.75) is 12.5 Å². The van der Waals surface area contributed by atoms with Crippen LogP contribution in [0.3, 0.4) is 0 Å². The molecule has 21 heavy (non-hydrogen) atoms. The Kier molecular flexibility index (Phi) is 3.31. The van der Waals surface area contributed by atoms with Gasteiger partial charge in [0, 0.05) is 13.6 Å². The zero-order chi connectivity index (χ0) is 14.9. The molecule has 0 aliphatic heterocycles. The summed E-state index contributed by atoms with van der Waals surface area (Å²) in [5.74, 6) is 0.741. The van der Waals surface area contributed by atoms with Crippen LogP contribution >= 0.6 is 0 Å². The van der Waals surface area contributed by atoms with Gasteiger partial charge in [-0.15, -0.1) is 0 Å². The van der Waals surface area contributed by atoms with Gasteiger partial charge in [-0.25, -0.2) is 9.97 Å². The van der Waals surface area contributed by atoms with E-state index >= 15 is 0 Å². The van der Waals surface area contributed by atoms with Gasteiger partial charge >= 0.3 is 0 Å². The molecule has 3 aromatic rings. The standard InChI is InChI=1S/C15H18N6/c1-15(9-16,11-6-4-3-5-7-11)20-13-12-8-19-21(2)14(12)18-10-17-13/h3-8,10H,9,16H2,1-2H3,(H,17,18,20). The van der Waals surface area contributed by atoms with Crippen molar-refractivity contribution < 1.29 is 0 Å². The highest BCUT2D eigenvalue weighted by molar-refractivity contribution is 5.86. The molecule has 2 heterocycles. The Labute approximate surface area is 123 Å². The van der Waals surface area contributed by atoms with Crippen molar-refractivity contribution in [2.75, 3.05) is 11.9 Å². The minimum Gasteiger partial charge on any atom is -0.359 e. The number of nitrogens with two attached hydrogens (primary N) is 1. The Bertz CT molecular complexity index is 751. The molecule has 3 rings (SSSR count). The van der Waals surface area contributed by atoms with Crippen LogP contribution in [-0.2, 0) is 12.6 Å². The molecule has 3 N–H and O–H groups in total. The molecule has 0 aliphatic rings. The van der Waals surface area contributed by atoms with Crippen molar-refractivity contribution in [1.29, 1.82) is 0 Å². The average Bonchev–Trinajstić information content (AvgIpc) is 2.91. The molecule has 1 atom stereocenters. The lowest BCUT2D eigenvalue weighted by Crippen LogP contribution is -2.40. The maximum atomic E-state index is 6.01. The number of fused-ring (bicyclic) bond motifs is 1. The van der Waals surface area contributed by atoms with Crippen molar-refractivity contribution in [3.8, 4) is 0 Å². The van der Waals surface area contributed by atoms with Crippen LogP contribution in [0, 0.1) is 0 Å². The van der Waals surface area contributed by atoms with Gasteiger partial charge in [0.15, 0.2) is 5.65 Å². The van der Waals surface area contributed by atoms with Crippen LogP contribution < -0.4 is 11.1 Å². The third-order valence-corrected chi connectivity index (χ3v) is 3.74. The lowest BCUT2D eigenvalue weighted by molar-refractivity contribution is 0.554. The van der Waals surface area contributed by atoms with Gasteiger partial charge in [-0.3, -0.25) is 4.68 Å². The second-order valence-corrected chi connectivity index (χ2v) is 5.25. The molecular weight excluding hydrogens is 264 g/mol. The molecule has 0 spiro atoms. The molecule has 0 radical (unpaired) electrons. The number of rotatable bonds is 4. The first-order chi connectivity index (χ1) is 10.1. The second-order valence-electron chi connectivity index (χ2n) is 5.25. The normalized spacial score (nSPS) is 14.0. The van der Waals surface area contributed by atoms with Gasteiger partial charge < -0.3 is 11.1 Å². The Morgan fingerprint density at radius 3 is 2.71 bits per heavy atom. The van der Waals surface area contributed by atoms with Gasteiger partial charge in [0.1, 0.15) is 12.1 Å². The fraction of sp³-hybridized carbons (Fsp3) is 0.267. The molecule has 0 bridgehead atoms. The molecule has 0 aliphatic carbocycles. The summed E-state index contributed by atoms with van der Waals surface area (Å²) in [6.45, 7) is 2.51. The largest absolute Gasteiger partial charge is 0.359 e. The highest BCUT2D eigenvalue weighted by Crippen LogP contribution is 2.27. The van der Waals surface area contributed by atoms with Gasteiger partial charge in [0.05, 0.1) is 17.1 Å². The molecule has 2 aromatic heterocycles. The topological polar surface area (TPSA) is 81.7 Å². The first-order valence-corrected chi connectivity index (χ1v) is 6.80. The lowest BCUT2D eigenvalue weighted by atomic mass is 9.92. The molecule has 1 unspecified atom stereocenters. The van der Waals surface area contributed by atoms with E-state index in [4.69, 9.17) is 5.73 Å². The van der Waals surface area contributed by atoms with Crippen LogP contribution in [0.15, 0.2) is 42.9 Å². The van der Waals surface area contributed by atoms with E-state index < -0.39 is 5.54 Å². The van der Waals surface area contributed by atoms with Crippen LogP contribution in [0.4, 0.5) is 5.82 Å². The second kappa shape index (κ2) is 5.14. The van der Waals surface area contributed by atoms with Crippen molar-refractivity contribution in [2.24, 2.45) is 12.8 Å². The number of benzene rings is 1. The Balaban J connectivity index is 2.04. The number of anilines is 1. The number of aryl methyl sites for hydroxylation is 1. The summed E-state index contributed by atoms with van der Waals surface area (Å²) in [4.78, 5) is 8.60. The molecule has 0 saturated carbocycles. The van der Waals surface area contributed by atoms with E-state index in [0.29, 0.717) is 6.54 Å². The number of hydrogen-bond acceptors (Lipinski definition) is 5. The van der Waals surface area contributed by atoms with Crippen molar-refractivity contribution in [3.05, 3.63) is 48.4 Å².